The number of rotatable bonds is 4. The molecule has 1 aromatic carbocycles. The zero-order valence-corrected chi connectivity index (χ0v) is 13.3. The molecule has 3 rings (SSSR count). The van der Waals surface area contributed by atoms with Gasteiger partial charge in [0, 0.05) is 12.6 Å². The van der Waals surface area contributed by atoms with Gasteiger partial charge in [0.1, 0.15) is 0 Å². The number of aliphatic hydroxyl groups is 1. The number of para-hydroxylation sites is 2. The van der Waals surface area contributed by atoms with Crippen molar-refractivity contribution < 1.29 is 9.90 Å². The zero-order valence-electron chi connectivity index (χ0n) is 13.3. The molecule has 5 nitrogen and oxygen atoms in total. The van der Waals surface area contributed by atoms with Crippen molar-refractivity contribution in [2.24, 2.45) is 5.92 Å². The number of hydrogen-bond donors (Lipinski definition) is 3. The molecule has 2 fully saturated rings. The molecule has 2 bridgehead atoms. The van der Waals surface area contributed by atoms with Crippen LogP contribution in [0.3, 0.4) is 0 Å². The molecule has 0 aromatic heterocycles. The summed E-state index contributed by atoms with van der Waals surface area (Å²) < 4.78 is 0. The summed E-state index contributed by atoms with van der Waals surface area (Å²) in [4.78, 5) is 14.6. The van der Waals surface area contributed by atoms with Crippen molar-refractivity contribution in [1.29, 1.82) is 0 Å². The Balaban J connectivity index is 1.73. The van der Waals surface area contributed by atoms with E-state index in [2.05, 4.69) is 21.6 Å². The third kappa shape index (κ3) is 3.04. The van der Waals surface area contributed by atoms with Crippen LogP contribution in [0.5, 0.6) is 0 Å². The fourth-order valence-corrected chi connectivity index (χ4v) is 3.55. The fraction of sp³-hybridized carbons (Fsp3) is 0.588. The molecule has 1 aliphatic heterocycles. The van der Waals surface area contributed by atoms with Crippen LogP contribution in [0.25, 0.3) is 0 Å². The number of nitrogens with zero attached hydrogens (tertiary/aromatic N) is 1. The van der Waals surface area contributed by atoms with E-state index in [1.165, 1.54) is 19.3 Å². The summed E-state index contributed by atoms with van der Waals surface area (Å²) >= 11 is 0. The number of carbonyl (C=O) groups excluding carboxylic acids is 1. The quantitative estimate of drug-likeness (QED) is 0.801. The van der Waals surface area contributed by atoms with E-state index < -0.39 is 5.54 Å². The number of fused-ring (bicyclic) bond motifs is 2. The van der Waals surface area contributed by atoms with Gasteiger partial charge >= 0.3 is 6.03 Å². The smallest absolute Gasteiger partial charge is 0.319 e. The van der Waals surface area contributed by atoms with Gasteiger partial charge in [0.25, 0.3) is 0 Å². The van der Waals surface area contributed by atoms with Gasteiger partial charge < -0.3 is 20.6 Å². The molecule has 0 radical (unpaired) electrons. The number of urea groups is 1. The lowest BCUT2D eigenvalue weighted by Gasteiger charge is -2.31. The van der Waals surface area contributed by atoms with Gasteiger partial charge in [-0.3, -0.25) is 0 Å². The van der Waals surface area contributed by atoms with E-state index in [0.717, 1.165) is 23.8 Å². The normalized spacial score (nSPS) is 23.7. The lowest BCUT2D eigenvalue weighted by atomic mass is 10.1. The number of anilines is 2. The van der Waals surface area contributed by atoms with Gasteiger partial charge in [-0.1, -0.05) is 12.1 Å². The Hall–Kier alpha value is -1.75. The molecule has 120 valence electrons. The van der Waals surface area contributed by atoms with Crippen LogP contribution in [0.15, 0.2) is 24.3 Å². The Morgan fingerprint density at radius 1 is 1.36 bits per heavy atom. The van der Waals surface area contributed by atoms with Gasteiger partial charge in [0.05, 0.1) is 23.5 Å². The molecule has 5 heteroatoms. The summed E-state index contributed by atoms with van der Waals surface area (Å²) in [5, 5.41) is 15.0. The predicted molar refractivity (Wildman–Crippen MR) is 88.2 cm³/mol. The van der Waals surface area contributed by atoms with Crippen LogP contribution in [0.1, 0.15) is 33.1 Å². The van der Waals surface area contributed by atoms with Crippen molar-refractivity contribution in [3.8, 4) is 0 Å². The van der Waals surface area contributed by atoms with Gasteiger partial charge in [-0.2, -0.15) is 0 Å². The zero-order chi connectivity index (χ0) is 15.7. The van der Waals surface area contributed by atoms with E-state index in [9.17, 15) is 9.90 Å². The third-order valence-electron chi connectivity index (χ3n) is 4.72. The number of aliphatic hydroxyl groups excluding tert-OH is 1. The first-order chi connectivity index (χ1) is 10.5. The summed E-state index contributed by atoms with van der Waals surface area (Å²) in [6.07, 6.45) is 3.86. The van der Waals surface area contributed by atoms with Crippen LogP contribution in [0, 0.1) is 5.92 Å². The van der Waals surface area contributed by atoms with E-state index in [-0.39, 0.29) is 12.6 Å². The first kappa shape index (κ1) is 15.2. The molecule has 0 spiro atoms. The van der Waals surface area contributed by atoms with Gasteiger partial charge in [0.2, 0.25) is 0 Å². The van der Waals surface area contributed by atoms with Crippen molar-refractivity contribution in [3.05, 3.63) is 24.3 Å². The molecule has 2 atom stereocenters. The average molecular weight is 303 g/mol. The molecular weight excluding hydrogens is 278 g/mol. The third-order valence-corrected chi connectivity index (χ3v) is 4.72. The SMILES string of the molecule is CC(C)(CO)NC(=O)Nc1ccccc1N1CC2CCC1C2. The predicted octanol–water partition coefficient (Wildman–Crippen LogP) is 2.57. The van der Waals surface area contributed by atoms with E-state index in [1.807, 2.05) is 18.2 Å². The summed E-state index contributed by atoms with van der Waals surface area (Å²) in [6.45, 7) is 4.57. The lowest BCUT2D eigenvalue weighted by molar-refractivity contribution is 0.187. The maximum atomic E-state index is 12.2. The summed E-state index contributed by atoms with van der Waals surface area (Å²) in [7, 11) is 0. The minimum absolute atomic E-state index is 0.0993. The highest BCUT2D eigenvalue weighted by Crippen LogP contribution is 2.42. The Bertz CT molecular complexity index is 559. The number of nitrogens with one attached hydrogen (secondary N) is 2. The maximum Gasteiger partial charge on any atom is 0.319 e. The van der Waals surface area contributed by atoms with Crippen LogP contribution in [-0.4, -0.2) is 35.9 Å². The van der Waals surface area contributed by atoms with Gasteiger partial charge in [0.15, 0.2) is 0 Å². The molecule has 1 aliphatic carbocycles. The lowest BCUT2D eigenvalue weighted by Crippen LogP contribution is -2.48. The number of benzene rings is 1. The van der Waals surface area contributed by atoms with Gasteiger partial charge in [-0.15, -0.1) is 0 Å². The van der Waals surface area contributed by atoms with Crippen LogP contribution in [0.4, 0.5) is 16.2 Å². The van der Waals surface area contributed by atoms with Crippen LogP contribution < -0.4 is 15.5 Å². The Labute approximate surface area is 131 Å². The molecule has 3 N–H and O–H groups in total. The minimum atomic E-state index is -0.633. The molecule has 1 saturated heterocycles. The topological polar surface area (TPSA) is 64.6 Å². The fourth-order valence-electron chi connectivity index (χ4n) is 3.55. The van der Waals surface area contributed by atoms with E-state index in [1.54, 1.807) is 13.8 Å². The summed E-state index contributed by atoms with van der Waals surface area (Å²) in [6, 6.07) is 8.30. The summed E-state index contributed by atoms with van der Waals surface area (Å²) in [5.41, 5.74) is 1.30. The van der Waals surface area contributed by atoms with Gasteiger partial charge in [-0.25, -0.2) is 4.79 Å². The Morgan fingerprint density at radius 2 is 2.14 bits per heavy atom. The standard InChI is InChI=1S/C17H25N3O2/c1-17(2,11-21)19-16(22)18-14-5-3-4-6-15(14)20-10-12-7-8-13(20)9-12/h3-6,12-13,21H,7-11H2,1-2H3,(H2,18,19,22). The van der Waals surface area contributed by atoms with Crippen molar-refractivity contribution in [1.82, 2.24) is 5.32 Å². The molecule has 1 saturated carbocycles. The molecule has 2 aliphatic rings. The Morgan fingerprint density at radius 3 is 2.77 bits per heavy atom. The van der Waals surface area contributed by atoms with Crippen LogP contribution in [-0.2, 0) is 0 Å². The molecule has 2 unspecified atom stereocenters. The second-order valence-electron chi connectivity index (χ2n) is 7.12. The highest BCUT2D eigenvalue weighted by molar-refractivity contribution is 5.93. The number of hydrogen-bond acceptors (Lipinski definition) is 3. The molecule has 2 amide bonds. The largest absolute Gasteiger partial charge is 0.394 e. The maximum absolute atomic E-state index is 12.2. The minimum Gasteiger partial charge on any atom is -0.394 e. The van der Waals surface area contributed by atoms with Crippen molar-refractivity contribution >= 4 is 17.4 Å². The number of piperidine rings is 1. The monoisotopic (exact) mass is 303 g/mol. The molecule has 1 heterocycles. The van der Waals surface area contributed by atoms with E-state index in [4.69, 9.17) is 0 Å². The second kappa shape index (κ2) is 5.80. The van der Waals surface area contributed by atoms with Gasteiger partial charge in [-0.05, 0) is 51.2 Å². The van der Waals surface area contributed by atoms with Crippen molar-refractivity contribution in [2.45, 2.75) is 44.7 Å². The molecular formula is C17H25N3O2. The average Bonchev–Trinajstić information content (AvgIpc) is 3.10. The van der Waals surface area contributed by atoms with E-state index in [0.29, 0.717) is 6.04 Å². The molecule has 1 aromatic rings. The van der Waals surface area contributed by atoms with Crippen LogP contribution in [0.2, 0.25) is 0 Å². The van der Waals surface area contributed by atoms with Crippen LogP contribution >= 0.6 is 0 Å². The first-order valence-electron chi connectivity index (χ1n) is 8.04. The number of carbonyl (C=O) groups is 1. The van der Waals surface area contributed by atoms with Crippen molar-refractivity contribution in [2.75, 3.05) is 23.4 Å². The van der Waals surface area contributed by atoms with E-state index >= 15 is 0 Å². The first-order valence-corrected chi connectivity index (χ1v) is 8.04. The Kier molecular flexibility index (Phi) is 4.00. The highest BCUT2D eigenvalue weighted by Gasteiger charge is 2.38. The molecule has 22 heavy (non-hydrogen) atoms. The number of amides is 2. The highest BCUT2D eigenvalue weighted by atomic mass is 16.3. The summed E-state index contributed by atoms with van der Waals surface area (Å²) in [5.74, 6) is 0.806. The second-order valence-corrected chi connectivity index (χ2v) is 7.12. The van der Waals surface area contributed by atoms with Crippen molar-refractivity contribution in [3.63, 3.8) is 0 Å².